The Hall–Kier alpha value is -1.98. The van der Waals surface area contributed by atoms with Gasteiger partial charge >= 0.3 is 11.2 Å². The molecule has 0 aliphatic carbocycles. The number of sulfone groups is 1. The fraction of sp³-hybridized carbons (Fsp3) is 0.111. The van der Waals surface area contributed by atoms with Crippen molar-refractivity contribution >= 4 is 38.0 Å². The molecule has 0 saturated carbocycles. The van der Waals surface area contributed by atoms with Gasteiger partial charge in [0.25, 0.3) is 5.82 Å². The van der Waals surface area contributed by atoms with Gasteiger partial charge in [0.15, 0.2) is 9.84 Å². The standard InChI is InChI=1S/C9H7ClN5O2S/c1-4-5(10)8-13-9(18(3,16)17)6(12-2)7(11)15(8)14-4/h1,11H2,3H3/q+1. The molecular formula is C9H7ClN5O2S+. The van der Waals surface area contributed by atoms with Crippen LogP contribution in [0.2, 0.25) is 0 Å². The molecule has 0 amide bonds. The lowest BCUT2D eigenvalue weighted by atomic mass is 10.4. The molecule has 0 atom stereocenters. The Morgan fingerprint density at radius 3 is 2.67 bits per heavy atom. The van der Waals surface area contributed by atoms with Crippen molar-refractivity contribution in [2.75, 3.05) is 12.0 Å². The summed E-state index contributed by atoms with van der Waals surface area (Å²) in [7, 11) is -3.69. The number of aromatic nitrogens is 2. The Morgan fingerprint density at radius 1 is 1.56 bits per heavy atom. The molecule has 0 bridgehead atoms. The van der Waals surface area contributed by atoms with Crippen molar-refractivity contribution in [3.8, 4) is 0 Å². The smallest absolute Gasteiger partial charge is 0.312 e. The van der Waals surface area contributed by atoms with Gasteiger partial charge in [-0.25, -0.2) is 13.3 Å². The lowest BCUT2D eigenvalue weighted by molar-refractivity contribution is -0.543. The molecule has 1 aliphatic rings. The molecule has 9 heteroatoms. The minimum absolute atomic E-state index is 0.0620. The summed E-state index contributed by atoms with van der Waals surface area (Å²) in [6.45, 7) is 10.6. The summed E-state index contributed by atoms with van der Waals surface area (Å²) in [5, 5.41) is 3.58. The maximum atomic E-state index is 11.6. The number of hydrogen-bond acceptors (Lipinski definition) is 5. The zero-order valence-electron chi connectivity index (χ0n) is 9.18. The molecule has 1 aliphatic heterocycles. The highest BCUT2D eigenvalue weighted by molar-refractivity contribution is 7.90. The molecule has 0 radical (unpaired) electrons. The predicted octanol–water partition coefficient (Wildman–Crippen LogP) is -0.188. The number of rotatable bonds is 1. The molecule has 0 aromatic carbocycles. The normalized spacial score (nSPS) is 14.1. The number of allylic oxidation sites excluding steroid dienone is 1. The summed E-state index contributed by atoms with van der Waals surface area (Å²) >= 11 is 5.89. The fourth-order valence-corrected chi connectivity index (χ4v) is 2.33. The van der Waals surface area contributed by atoms with Crippen molar-refractivity contribution in [3.63, 3.8) is 0 Å². The van der Waals surface area contributed by atoms with Gasteiger partial charge in [0.2, 0.25) is 5.03 Å². The number of halogens is 1. The third-order valence-electron chi connectivity index (χ3n) is 2.21. The molecular weight excluding hydrogens is 278 g/mol. The first kappa shape index (κ1) is 12.5. The zero-order chi connectivity index (χ0) is 13.7. The quantitative estimate of drug-likeness (QED) is 0.439. The first-order chi connectivity index (χ1) is 8.27. The van der Waals surface area contributed by atoms with Gasteiger partial charge in [-0.15, -0.1) is 9.48 Å². The molecule has 1 aromatic rings. The average molecular weight is 285 g/mol. The summed E-state index contributed by atoms with van der Waals surface area (Å²) in [6.07, 6.45) is 0.940. The van der Waals surface area contributed by atoms with Crippen LogP contribution >= 0.6 is 11.6 Å². The monoisotopic (exact) mass is 284 g/mol. The van der Waals surface area contributed by atoms with E-state index in [0.717, 1.165) is 10.6 Å². The lowest BCUT2D eigenvalue weighted by Crippen LogP contribution is -2.41. The largest absolute Gasteiger partial charge is 0.326 e. The van der Waals surface area contributed by atoms with Crippen LogP contribution in [0.4, 0.5) is 11.5 Å². The van der Waals surface area contributed by atoms with Crippen molar-refractivity contribution in [2.24, 2.45) is 5.11 Å². The second kappa shape index (κ2) is 3.76. The van der Waals surface area contributed by atoms with Gasteiger partial charge < -0.3 is 5.73 Å². The third kappa shape index (κ3) is 1.64. The SMILES string of the molecule is [C-]#[N+]c1c(S(C)(=O)=O)nc2[n+](c1N)=NC(=C)C=2Cl. The van der Waals surface area contributed by atoms with E-state index in [-0.39, 0.29) is 27.7 Å². The Bertz CT molecular complexity index is 850. The van der Waals surface area contributed by atoms with Crippen LogP contribution in [-0.2, 0) is 9.84 Å². The van der Waals surface area contributed by atoms with Crippen LogP contribution in [0.1, 0.15) is 0 Å². The number of anilines is 1. The first-order valence-corrected chi connectivity index (χ1v) is 6.81. The third-order valence-corrected chi connectivity index (χ3v) is 3.59. The Kier molecular flexibility index (Phi) is 2.61. The van der Waals surface area contributed by atoms with Crippen molar-refractivity contribution in [3.05, 3.63) is 29.2 Å². The molecule has 0 spiro atoms. The Balaban J connectivity index is 3.12. The molecule has 2 N–H and O–H groups in total. The van der Waals surface area contributed by atoms with Gasteiger partial charge in [-0.05, 0) is 0 Å². The second-order valence-electron chi connectivity index (χ2n) is 3.53. The summed E-state index contributed by atoms with van der Waals surface area (Å²) < 4.78 is 24.3. The van der Waals surface area contributed by atoms with Crippen molar-refractivity contribution in [1.82, 2.24) is 4.98 Å². The van der Waals surface area contributed by atoms with E-state index in [1.165, 1.54) is 0 Å². The maximum Gasteiger partial charge on any atom is 0.312 e. The molecule has 0 saturated heterocycles. The zero-order valence-corrected chi connectivity index (χ0v) is 10.7. The van der Waals surface area contributed by atoms with Crippen LogP contribution in [0.15, 0.2) is 22.4 Å². The average Bonchev–Trinajstić information content (AvgIpc) is 2.55. The molecule has 2 heterocycles. The van der Waals surface area contributed by atoms with E-state index in [1.54, 1.807) is 0 Å². The summed E-state index contributed by atoms with van der Waals surface area (Å²) in [5.41, 5.74) is 5.70. The highest BCUT2D eigenvalue weighted by atomic mass is 35.5. The van der Waals surface area contributed by atoms with Gasteiger partial charge in [-0.2, -0.15) is 0 Å². The second-order valence-corrected chi connectivity index (χ2v) is 5.84. The minimum atomic E-state index is -3.69. The number of fused-ring (bicyclic) bond motifs is 1. The van der Waals surface area contributed by atoms with Crippen molar-refractivity contribution in [1.29, 1.82) is 0 Å². The van der Waals surface area contributed by atoms with Crippen molar-refractivity contribution in [2.45, 2.75) is 5.03 Å². The molecule has 1 aromatic heterocycles. The topological polar surface area (TPSA) is 95.7 Å². The van der Waals surface area contributed by atoms with Gasteiger partial charge in [0.05, 0.1) is 6.57 Å². The van der Waals surface area contributed by atoms with Crippen LogP contribution < -0.4 is 15.6 Å². The van der Waals surface area contributed by atoms with Gasteiger partial charge in [-0.1, -0.05) is 23.2 Å². The van der Waals surface area contributed by atoms with Gasteiger partial charge in [0, 0.05) is 6.26 Å². The molecule has 92 valence electrons. The van der Waals surface area contributed by atoms with E-state index in [4.69, 9.17) is 23.9 Å². The summed E-state index contributed by atoms with van der Waals surface area (Å²) in [6, 6.07) is 0. The lowest BCUT2D eigenvalue weighted by Gasteiger charge is -1.97. The highest BCUT2D eigenvalue weighted by Gasteiger charge is 2.30. The van der Waals surface area contributed by atoms with Crippen LogP contribution in [0, 0.1) is 6.57 Å². The molecule has 0 fully saturated rings. The van der Waals surface area contributed by atoms with Crippen LogP contribution in [0.5, 0.6) is 0 Å². The van der Waals surface area contributed by atoms with Crippen LogP contribution in [0.25, 0.3) is 9.88 Å². The van der Waals surface area contributed by atoms with E-state index in [9.17, 15) is 8.42 Å². The number of nitrogens with two attached hydrogens (primary N) is 1. The van der Waals surface area contributed by atoms with Crippen LogP contribution in [-0.4, -0.2) is 19.7 Å². The summed E-state index contributed by atoms with van der Waals surface area (Å²) in [4.78, 5) is 6.93. The molecule has 7 nitrogen and oxygen atoms in total. The predicted molar refractivity (Wildman–Crippen MR) is 64.1 cm³/mol. The Morgan fingerprint density at radius 2 is 2.17 bits per heavy atom. The summed E-state index contributed by atoms with van der Waals surface area (Å²) in [5.74, 6) is -0.132. The van der Waals surface area contributed by atoms with E-state index >= 15 is 0 Å². The van der Waals surface area contributed by atoms with Crippen molar-refractivity contribution < 1.29 is 12.8 Å². The van der Waals surface area contributed by atoms with Gasteiger partial charge in [-0.3, -0.25) is 0 Å². The molecule has 0 unspecified atom stereocenters. The van der Waals surface area contributed by atoms with E-state index in [0.29, 0.717) is 0 Å². The van der Waals surface area contributed by atoms with Crippen LogP contribution in [0.3, 0.4) is 0 Å². The Labute approximate surface area is 107 Å². The van der Waals surface area contributed by atoms with E-state index in [1.807, 2.05) is 0 Å². The fourth-order valence-electron chi connectivity index (χ4n) is 1.42. The van der Waals surface area contributed by atoms with E-state index < -0.39 is 14.9 Å². The maximum absolute atomic E-state index is 11.6. The highest BCUT2D eigenvalue weighted by Crippen LogP contribution is 2.26. The minimum Gasteiger partial charge on any atom is -0.326 e. The number of hydrogen-bond donors (Lipinski definition) is 1. The van der Waals surface area contributed by atoms with Gasteiger partial charge in [0.1, 0.15) is 10.7 Å². The number of nitrogen functional groups attached to an aromatic ring is 1. The first-order valence-electron chi connectivity index (χ1n) is 4.54. The van der Waals surface area contributed by atoms with E-state index in [2.05, 4.69) is 21.5 Å². The molecule has 18 heavy (non-hydrogen) atoms. The number of nitrogens with zero attached hydrogens (tertiary/aromatic N) is 4. The molecule has 2 rings (SSSR count).